The number of aromatic nitrogens is 4. The van der Waals surface area contributed by atoms with Gasteiger partial charge >= 0.3 is 0 Å². The summed E-state index contributed by atoms with van der Waals surface area (Å²) >= 11 is 6.17. The van der Waals surface area contributed by atoms with E-state index in [9.17, 15) is 4.39 Å². The fraction of sp³-hybridized carbons (Fsp3) is 0. The number of benzene rings is 1. The Bertz CT molecular complexity index is 1020. The first-order chi connectivity index (χ1) is 11.7. The molecule has 0 aliphatic heterocycles. The Labute approximate surface area is 141 Å². The summed E-state index contributed by atoms with van der Waals surface area (Å²) in [7, 11) is 0. The molecule has 24 heavy (non-hydrogen) atoms. The van der Waals surface area contributed by atoms with E-state index in [4.69, 9.17) is 11.6 Å². The standard InChI is InChI=1S/C17H11ClFN5/c18-13-10-21-24-16(22-11-4-3-7-20-9-11)8-15(23-17(13)24)12-5-1-2-6-14(12)19/h1-10,22H. The van der Waals surface area contributed by atoms with Crippen molar-refractivity contribution in [2.75, 3.05) is 5.32 Å². The highest BCUT2D eigenvalue weighted by Crippen LogP contribution is 2.28. The monoisotopic (exact) mass is 339 g/mol. The minimum atomic E-state index is -0.350. The van der Waals surface area contributed by atoms with E-state index in [1.165, 1.54) is 12.3 Å². The number of halogens is 2. The van der Waals surface area contributed by atoms with Crippen molar-refractivity contribution in [2.45, 2.75) is 0 Å². The topological polar surface area (TPSA) is 55.1 Å². The molecule has 0 radical (unpaired) electrons. The van der Waals surface area contributed by atoms with Crippen molar-refractivity contribution in [3.05, 3.63) is 71.9 Å². The third-order valence-electron chi connectivity index (χ3n) is 3.51. The van der Waals surface area contributed by atoms with Gasteiger partial charge in [0.15, 0.2) is 5.65 Å². The summed E-state index contributed by atoms with van der Waals surface area (Å²) in [4.78, 5) is 8.51. The van der Waals surface area contributed by atoms with Crippen LogP contribution in [0.2, 0.25) is 5.02 Å². The van der Waals surface area contributed by atoms with Gasteiger partial charge in [-0.05, 0) is 24.3 Å². The van der Waals surface area contributed by atoms with E-state index in [-0.39, 0.29) is 5.82 Å². The Morgan fingerprint density at radius 1 is 1.08 bits per heavy atom. The van der Waals surface area contributed by atoms with Crippen molar-refractivity contribution in [2.24, 2.45) is 0 Å². The molecule has 0 aliphatic carbocycles. The van der Waals surface area contributed by atoms with Crippen LogP contribution < -0.4 is 5.32 Å². The van der Waals surface area contributed by atoms with Crippen LogP contribution >= 0.6 is 11.6 Å². The molecule has 3 aromatic heterocycles. The summed E-state index contributed by atoms with van der Waals surface area (Å²) < 4.78 is 15.7. The van der Waals surface area contributed by atoms with Gasteiger partial charge in [0.25, 0.3) is 0 Å². The first kappa shape index (κ1) is 14.6. The molecule has 0 saturated heterocycles. The number of hydrogen-bond acceptors (Lipinski definition) is 4. The van der Waals surface area contributed by atoms with Gasteiger partial charge in [0.1, 0.15) is 16.7 Å². The van der Waals surface area contributed by atoms with Crippen LogP contribution in [0.4, 0.5) is 15.9 Å². The molecule has 1 N–H and O–H groups in total. The SMILES string of the molecule is Fc1ccccc1-c1cc(Nc2cccnc2)n2ncc(Cl)c2n1. The normalized spacial score (nSPS) is 10.9. The van der Waals surface area contributed by atoms with E-state index >= 15 is 0 Å². The summed E-state index contributed by atoms with van der Waals surface area (Å²) in [6, 6.07) is 11.9. The lowest BCUT2D eigenvalue weighted by Crippen LogP contribution is -2.03. The van der Waals surface area contributed by atoms with E-state index in [2.05, 4.69) is 20.4 Å². The molecule has 4 rings (SSSR count). The van der Waals surface area contributed by atoms with Gasteiger partial charge in [0, 0.05) is 17.8 Å². The molecule has 7 heteroatoms. The Morgan fingerprint density at radius 2 is 1.96 bits per heavy atom. The molecule has 0 amide bonds. The second kappa shape index (κ2) is 5.90. The third-order valence-corrected chi connectivity index (χ3v) is 3.78. The quantitative estimate of drug-likeness (QED) is 0.603. The molecule has 0 aliphatic rings. The lowest BCUT2D eigenvalue weighted by molar-refractivity contribution is 0.630. The highest BCUT2D eigenvalue weighted by Gasteiger charge is 2.14. The smallest absolute Gasteiger partial charge is 0.176 e. The van der Waals surface area contributed by atoms with Crippen molar-refractivity contribution in [3.8, 4) is 11.3 Å². The molecule has 4 aromatic rings. The van der Waals surface area contributed by atoms with Gasteiger partial charge in [0.05, 0.1) is 23.8 Å². The zero-order valence-corrected chi connectivity index (χ0v) is 13.1. The predicted octanol–water partition coefficient (Wildman–Crippen LogP) is 4.33. The largest absolute Gasteiger partial charge is 0.339 e. The number of fused-ring (bicyclic) bond motifs is 1. The Morgan fingerprint density at radius 3 is 2.75 bits per heavy atom. The highest BCUT2D eigenvalue weighted by molar-refractivity contribution is 6.33. The van der Waals surface area contributed by atoms with Gasteiger partial charge in [-0.2, -0.15) is 9.61 Å². The van der Waals surface area contributed by atoms with Crippen molar-refractivity contribution in [1.82, 2.24) is 19.6 Å². The number of hydrogen-bond donors (Lipinski definition) is 1. The molecule has 3 heterocycles. The van der Waals surface area contributed by atoms with Crippen LogP contribution in [0.3, 0.4) is 0 Å². The van der Waals surface area contributed by atoms with E-state index in [0.717, 1.165) is 5.69 Å². The van der Waals surface area contributed by atoms with Gasteiger partial charge in [-0.3, -0.25) is 4.98 Å². The van der Waals surface area contributed by atoms with Crippen molar-refractivity contribution < 1.29 is 4.39 Å². The maximum absolute atomic E-state index is 14.1. The first-order valence-electron chi connectivity index (χ1n) is 7.18. The summed E-state index contributed by atoms with van der Waals surface area (Å²) in [5.74, 6) is 0.260. The average molecular weight is 340 g/mol. The Hall–Kier alpha value is -2.99. The van der Waals surface area contributed by atoms with E-state index in [1.807, 2.05) is 12.1 Å². The summed E-state index contributed by atoms with van der Waals surface area (Å²) in [5.41, 5.74) is 2.08. The summed E-state index contributed by atoms with van der Waals surface area (Å²) in [6.45, 7) is 0. The predicted molar refractivity (Wildman–Crippen MR) is 90.9 cm³/mol. The maximum Gasteiger partial charge on any atom is 0.176 e. The fourth-order valence-corrected chi connectivity index (χ4v) is 2.58. The molecule has 0 atom stereocenters. The zero-order valence-electron chi connectivity index (χ0n) is 12.3. The second-order valence-electron chi connectivity index (χ2n) is 5.10. The summed E-state index contributed by atoms with van der Waals surface area (Å²) in [5, 5.41) is 7.81. The van der Waals surface area contributed by atoms with Gasteiger partial charge in [-0.1, -0.05) is 23.7 Å². The highest BCUT2D eigenvalue weighted by atomic mass is 35.5. The second-order valence-corrected chi connectivity index (χ2v) is 5.51. The molecule has 5 nitrogen and oxygen atoms in total. The zero-order chi connectivity index (χ0) is 16.5. The van der Waals surface area contributed by atoms with Crippen molar-refractivity contribution in [3.63, 3.8) is 0 Å². The molecular weight excluding hydrogens is 329 g/mol. The van der Waals surface area contributed by atoms with Gasteiger partial charge in [-0.25, -0.2) is 9.37 Å². The number of rotatable bonds is 3. The van der Waals surface area contributed by atoms with Crippen LogP contribution in [0, 0.1) is 5.82 Å². The van der Waals surface area contributed by atoms with Gasteiger partial charge in [-0.15, -0.1) is 0 Å². The van der Waals surface area contributed by atoms with E-state index in [1.54, 1.807) is 41.2 Å². The first-order valence-corrected chi connectivity index (χ1v) is 7.56. The summed E-state index contributed by atoms with van der Waals surface area (Å²) in [6.07, 6.45) is 4.87. The van der Waals surface area contributed by atoms with Crippen LogP contribution in [0.1, 0.15) is 0 Å². The van der Waals surface area contributed by atoms with Crippen LogP contribution in [0.15, 0.2) is 61.1 Å². The fourth-order valence-electron chi connectivity index (χ4n) is 2.42. The maximum atomic E-state index is 14.1. The van der Waals surface area contributed by atoms with E-state index in [0.29, 0.717) is 27.7 Å². The van der Waals surface area contributed by atoms with Crippen molar-refractivity contribution in [1.29, 1.82) is 0 Å². The van der Waals surface area contributed by atoms with Crippen LogP contribution in [-0.4, -0.2) is 19.6 Å². The molecule has 1 aromatic carbocycles. The van der Waals surface area contributed by atoms with Crippen molar-refractivity contribution >= 4 is 28.8 Å². The van der Waals surface area contributed by atoms with Crippen LogP contribution in [0.5, 0.6) is 0 Å². The Balaban J connectivity index is 1.90. The lowest BCUT2D eigenvalue weighted by Gasteiger charge is -2.11. The number of nitrogens with zero attached hydrogens (tertiary/aromatic N) is 4. The van der Waals surface area contributed by atoms with Gasteiger partial charge < -0.3 is 5.32 Å². The lowest BCUT2D eigenvalue weighted by atomic mass is 10.1. The average Bonchev–Trinajstić information content (AvgIpc) is 2.98. The third kappa shape index (κ3) is 2.57. The molecular formula is C17H11ClFN5. The molecule has 0 bridgehead atoms. The minimum Gasteiger partial charge on any atom is -0.339 e. The molecule has 0 fully saturated rings. The molecule has 0 unspecified atom stereocenters. The molecule has 118 valence electrons. The Kier molecular flexibility index (Phi) is 3.59. The molecule has 0 spiro atoms. The number of pyridine rings is 1. The van der Waals surface area contributed by atoms with Gasteiger partial charge in [0.2, 0.25) is 0 Å². The number of nitrogens with one attached hydrogen (secondary N) is 1. The number of anilines is 2. The molecule has 0 saturated carbocycles. The van der Waals surface area contributed by atoms with E-state index < -0.39 is 0 Å². The van der Waals surface area contributed by atoms with Crippen LogP contribution in [-0.2, 0) is 0 Å². The van der Waals surface area contributed by atoms with Crippen LogP contribution in [0.25, 0.3) is 16.9 Å². The minimum absolute atomic E-state index is 0.350.